The highest BCUT2D eigenvalue weighted by molar-refractivity contribution is 5.78. The molecule has 2 aliphatic rings. The molecule has 1 fully saturated rings. The van der Waals surface area contributed by atoms with Crippen molar-refractivity contribution in [2.24, 2.45) is 10.9 Å². The number of nitrogens with zero attached hydrogens (tertiary/aromatic N) is 1. The van der Waals surface area contributed by atoms with E-state index in [9.17, 15) is 4.39 Å². The Morgan fingerprint density at radius 1 is 1.20 bits per heavy atom. The van der Waals surface area contributed by atoms with E-state index in [-0.39, 0.29) is 11.9 Å². The molecule has 1 atom stereocenters. The van der Waals surface area contributed by atoms with Crippen molar-refractivity contribution in [3.05, 3.63) is 35.6 Å². The molecule has 0 spiro atoms. The molecule has 0 saturated carbocycles. The van der Waals surface area contributed by atoms with E-state index in [1.807, 2.05) is 12.1 Å². The quantitative estimate of drug-likeness (QED) is 0.917. The average molecular weight is 276 g/mol. The summed E-state index contributed by atoms with van der Waals surface area (Å²) in [5.74, 6) is 1.41. The summed E-state index contributed by atoms with van der Waals surface area (Å²) in [6.45, 7) is 2.78. The van der Waals surface area contributed by atoms with E-state index in [0.717, 1.165) is 31.0 Å². The predicted molar refractivity (Wildman–Crippen MR) is 77.5 cm³/mol. The Morgan fingerprint density at radius 3 is 2.80 bits per heavy atom. The van der Waals surface area contributed by atoms with Gasteiger partial charge < -0.3 is 10.1 Å². The lowest BCUT2D eigenvalue weighted by Gasteiger charge is -2.21. The van der Waals surface area contributed by atoms with Crippen LogP contribution < -0.4 is 5.32 Å². The first kappa shape index (κ1) is 13.6. The molecule has 1 aromatic rings. The Labute approximate surface area is 119 Å². The summed E-state index contributed by atoms with van der Waals surface area (Å²) in [4.78, 5) is 4.63. The fourth-order valence-electron chi connectivity index (χ4n) is 2.94. The Kier molecular flexibility index (Phi) is 4.31. The van der Waals surface area contributed by atoms with Gasteiger partial charge in [0.1, 0.15) is 12.4 Å². The van der Waals surface area contributed by atoms with Gasteiger partial charge in [-0.05, 0) is 43.5 Å². The van der Waals surface area contributed by atoms with Gasteiger partial charge >= 0.3 is 0 Å². The van der Waals surface area contributed by atoms with E-state index in [1.165, 1.54) is 18.9 Å². The molecular formula is C16H21FN2O. The van der Waals surface area contributed by atoms with Gasteiger partial charge in [-0.1, -0.05) is 18.2 Å². The highest BCUT2D eigenvalue weighted by Crippen LogP contribution is 2.21. The lowest BCUT2D eigenvalue weighted by atomic mass is 9.95. The number of hydrogen-bond acceptors (Lipinski definition) is 3. The average Bonchev–Trinajstić information content (AvgIpc) is 2.90. The molecule has 0 amide bonds. The Balaban J connectivity index is 1.56. The van der Waals surface area contributed by atoms with Crippen molar-refractivity contribution in [3.8, 4) is 0 Å². The molecule has 0 bridgehead atoms. The second kappa shape index (κ2) is 6.35. The van der Waals surface area contributed by atoms with Crippen molar-refractivity contribution >= 4 is 5.90 Å². The number of rotatable bonds is 4. The van der Waals surface area contributed by atoms with Crippen molar-refractivity contribution in [2.75, 3.05) is 19.7 Å². The largest absolute Gasteiger partial charge is 0.479 e. The van der Waals surface area contributed by atoms with Gasteiger partial charge in [0.25, 0.3) is 0 Å². The van der Waals surface area contributed by atoms with Crippen molar-refractivity contribution in [3.63, 3.8) is 0 Å². The van der Waals surface area contributed by atoms with Crippen molar-refractivity contribution in [2.45, 2.75) is 31.7 Å². The number of benzene rings is 1. The smallest absolute Gasteiger partial charge is 0.183 e. The van der Waals surface area contributed by atoms with Crippen molar-refractivity contribution < 1.29 is 9.13 Å². The van der Waals surface area contributed by atoms with Gasteiger partial charge in [0, 0.05) is 12.8 Å². The highest BCUT2D eigenvalue weighted by Gasteiger charge is 2.23. The molecule has 3 rings (SSSR count). The van der Waals surface area contributed by atoms with Crippen LogP contribution in [0.3, 0.4) is 0 Å². The van der Waals surface area contributed by atoms with Crippen LogP contribution in [0.5, 0.6) is 0 Å². The Hall–Kier alpha value is -1.42. The minimum Gasteiger partial charge on any atom is -0.479 e. The van der Waals surface area contributed by atoms with Gasteiger partial charge in [0.2, 0.25) is 0 Å². The molecule has 1 N–H and O–H groups in total. The maximum absolute atomic E-state index is 13.6. The zero-order chi connectivity index (χ0) is 13.8. The third-order valence-corrected chi connectivity index (χ3v) is 4.10. The van der Waals surface area contributed by atoms with Gasteiger partial charge in [-0.3, -0.25) is 0 Å². The van der Waals surface area contributed by atoms with Crippen LogP contribution in [0.4, 0.5) is 4.39 Å². The maximum Gasteiger partial charge on any atom is 0.183 e. The number of nitrogens with one attached hydrogen (secondary N) is 1. The van der Waals surface area contributed by atoms with Gasteiger partial charge in [0.05, 0.1) is 6.04 Å². The molecular weight excluding hydrogens is 255 g/mol. The lowest BCUT2D eigenvalue weighted by Crippen LogP contribution is -2.28. The molecule has 1 saturated heterocycles. The van der Waals surface area contributed by atoms with Gasteiger partial charge in [-0.15, -0.1) is 0 Å². The monoisotopic (exact) mass is 276 g/mol. The molecule has 1 aromatic carbocycles. The molecule has 0 aliphatic carbocycles. The number of halogens is 1. The summed E-state index contributed by atoms with van der Waals surface area (Å²) in [6, 6.07) is 6.99. The minimum atomic E-state index is -0.144. The van der Waals surface area contributed by atoms with Gasteiger partial charge in [-0.2, -0.15) is 0 Å². The van der Waals surface area contributed by atoms with E-state index >= 15 is 0 Å². The fourth-order valence-corrected chi connectivity index (χ4v) is 2.94. The van der Waals surface area contributed by atoms with Crippen LogP contribution in [-0.4, -0.2) is 31.6 Å². The van der Waals surface area contributed by atoms with Gasteiger partial charge in [-0.25, -0.2) is 9.38 Å². The van der Waals surface area contributed by atoms with Crippen molar-refractivity contribution in [1.82, 2.24) is 5.32 Å². The third-order valence-electron chi connectivity index (χ3n) is 4.10. The maximum atomic E-state index is 13.6. The molecule has 4 heteroatoms. The van der Waals surface area contributed by atoms with Crippen LogP contribution in [0, 0.1) is 11.7 Å². The summed E-state index contributed by atoms with van der Waals surface area (Å²) in [7, 11) is 0. The van der Waals surface area contributed by atoms with Crippen LogP contribution in [0.25, 0.3) is 0 Å². The Bertz CT molecular complexity index is 483. The predicted octanol–water partition coefficient (Wildman–Crippen LogP) is 2.56. The minimum absolute atomic E-state index is 0.0728. The molecule has 2 heterocycles. The fraction of sp³-hybridized carbons (Fsp3) is 0.562. The van der Waals surface area contributed by atoms with E-state index in [2.05, 4.69) is 10.3 Å². The second-order valence-corrected chi connectivity index (χ2v) is 5.68. The van der Waals surface area contributed by atoms with Crippen LogP contribution in [0.1, 0.15) is 24.8 Å². The molecule has 108 valence electrons. The first-order valence-electron chi connectivity index (χ1n) is 7.45. The molecule has 3 nitrogen and oxygen atoms in total. The third kappa shape index (κ3) is 3.37. The molecule has 1 unspecified atom stereocenters. The number of ether oxygens (including phenoxy) is 1. The summed E-state index contributed by atoms with van der Waals surface area (Å²) < 4.78 is 19.3. The summed E-state index contributed by atoms with van der Waals surface area (Å²) in [5, 5.41) is 3.36. The standard InChI is InChI=1S/C16H21FN2O/c17-15-4-2-1-3-13(15)10-14-11-20-16(19-14)9-12-5-7-18-8-6-12/h1-4,12,14,18H,5-11H2. The Morgan fingerprint density at radius 2 is 2.00 bits per heavy atom. The molecule has 20 heavy (non-hydrogen) atoms. The van der Waals surface area contributed by atoms with E-state index in [1.54, 1.807) is 6.07 Å². The van der Waals surface area contributed by atoms with E-state index in [4.69, 9.17) is 4.74 Å². The van der Waals surface area contributed by atoms with Crippen LogP contribution in [-0.2, 0) is 11.2 Å². The SMILES string of the molecule is Fc1ccccc1CC1COC(CC2CCNCC2)=N1. The van der Waals surface area contributed by atoms with E-state index < -0.39 is 0 Å². The first-order valence-corrected chi connectivity index (χ1v) is 7.45. The highest BCUT2D eigenvalue weighted by atomic mass is 19.1. The summed E-state index contributed by atoms with van der Waals surface area (Å²) in [5.41, 5.74) is 0.730. The van der Waals surface area contributed by atoms with Crippen molar-refractivity contribution in [1.29, 1.82) is 0 Å². The van der Waals surface area contributed by atoms with Crippen LogP contribution in [0.2, 0.25) is 0 Å². The number of piperidine rings is 1. The van der Waals surface area contributed by atoms with Crippen LogP contribution in [0.15, 0.2) is 29.3 Å². The molecule has 0 aromatic heterocycles. The van der Waals surface area contributed by atoms with Gasteiger partial charge in [0.15, 0.2) is 5.90 Å². The second-order valence-electron chi connectivity index (χ2n) is 5.68. The zero-order valence-corrected chi connectivity index (χ0v) is 11.6. The number of hydrogen-bond donors (Lipinski definition) is 1. The molecule has 2 aliphatic heterocycles. The zero-order valence-electron chi connectivity index (χ0n) is 11.6. The summed E-state index contributed by atoms with van der Waals surface area (Å²) in [6.07, 6.45) is 3.96. The summed E-state index contributed by atoms with van der Waals surface area (Å²) >= 11 is 0. The first-order chi connectivity index (χ1) is 9.81. The number of aliphatic imine (C=N–C) groups is 1. The topological polar surface area (TPSA) is 33.6 Å². The lowest BCUT2D eigenvalue weighted by molar-refractivity contribution is 0.292. The normalized spacial score (nSPS) is 23.4. The molecule has 0 radical (unpaired) electrons. The van der Waals surface area contributed by atoms with E-state index in [0.29, 0.717) is 18.9 Å². The van der Waals surface area contributed by atoms with Crippen LogP contribution >= 0.6 is 0 Å².